The van der Waals surface area contributed by atoms with Gasteiger partial charge in [0.2, 0.25) is 5.91 Å². The van der Waals surface area contributed by atoms with E-state index in [0.717, 1.165) is 9.37 Å². The Bertz CT molecular complexity index is 914. The van der Waals surface area contributed by atoms with Crippen molar-refractivity contribution in [2.24, 2.45) is 0 Å². The molecule has 138 valence electrons. The maximum atomic E-state index is 12.5. The number of pyridine rings is 1. The first-order chi connectivity index (χ1) is 13.1. The molecule has 6 nitrogen and oxygen atoms in total. The zero-order valence-electron chi connectivity index (χ0n) is 14.1. The predicted octanol–water partition coefficient (Wildman–Crippen LogP) is 3.63. The Hall–Kier alpha value is -2.58. The van der Waals surface area contributed by atoms with E-state index in [1.807, 2.05) is 24.3 Å². The molecule has 1 aromatic carbocycles. The van der Waals surface area contributed by atoms with E-state index in [4.69, 9.17) is 4.42 Å². The van der Waals surface area contributed by atoms with Crippen LogP contribution in [0.1, 0.15) is 16.1 Å². The standard InChI is InChI=1S/C19H16BrN3O3S/c20-13-5-7-15(8-6-13)27-19-16(4-1-9-21-19)18(25)23-12-17(24)22-11-14-3-2-10-26-14/h1-10H,11-12H2,(H,22,24)(H,23,25). The highest BCUT2D eigenvalue weighted by Gasteiger charge is 2.14. The summed E-state index contributed by atoms with van der Waals surface area (Å²) >= 11 is 4.78. The third-order valence-electron chi connectivity index (χ3n) is 3.49. The smallest absolute Gasteiger partial charge is 0.254 e. The molecular formula is C19H16BrN3O3S. The van der Waals surface area contributed by atoms with Gasteiger partial charge in [0.1, 0.15) is 10.8 Å². The number of nitrogens with zero attached hydrogens (tertiary/aromatic N) is 1. The van der Waals surface area contributed by atoms with Crippen LogP contribution >= 0.6 is 27.7 Å². The van der Waals surface area contributed by atoms with Crippen molar-refractivity contribution in [3.05, 3.63) is 76.8 Å². The van der Waals surface area contributed by atoms with Crippen molar-refractivity contribution in [1.29, 1.82) is 0 Å². The van der Waals surface area contributed by atoms with Gasteiger partial charge < -0.3 is 15.1 Å². The van der Waals surface area contributed by atoms with Crippen LogP contribution in [-0.2, 0) is 11.3 Å². The van der Waals surface area contributed by atoms with Gasteiger partial charge in [0, 0.05) is 15.6 Å². The summed E-state index contributed by atoms with van der Waals surface area (Å²) in [5.74, 6) is -0.00302. The Morgan fingerprint density at radius 3 is 2.63 bits per heavy atom. The molecule has 0 bridgehead atoms. The van der Waals surface area contributed by atoms with Crippen molar-refractivity contribution < 1.29 is 14.0 Å². The molecule has 2 aromatic heterocycles. The number of benzene rings is 1. The van der Waals surface area contributed by atoms with Gasteiger partial charge in [-0.3, -0.25) is 9.59 Å². The molecule has 0 saturated heterocycles. The summed E-state index contributed by atoms with van der Waals surface area (Å²) in [6.07, 6.45) is 3.17. The minimum absolute atomic E-state index is 0.128. The van der Waals surface area contributed by atoms with E-state index >= 15 is 0 Å². The molecule has 0 aliphatic rings. The lowest BCUT2D eigenvalue weighted by atomic mass is 10.2. The number of aromatic nitrogens is 1. The van der Waals surface area contributed by atoms with E-state index < -0.39 is 0 Å². The third kappa shape index (κ3) is 5.70. The highest BCUT2D eigenvalue weighted by atomic mass is 79.9. The van der Waals surface area contributed by atoms with Crippen molar-refractivity contribution in [3.63, 3.8) is 0 Å². The minimum Gasteiger partial charge on any atom is -0.467 e. The molecule has 3 aromatic rings. The second-order valence-electron chi connectivity index (χ2n) is 5.45. The minimum atomic E-state index is -0.351. The highest BCUT2D eigenvalue weighted by Crippen LogP contribution is 2.29. The maximum absolute atomic E-state index is 12.5. The molecule has 2 heterocycles. The first-order valence-electron chi connectivity index (χ1n) is 8.07. The summed E-state index contributed by atoms with van der Waals surface area (Å²) in [6.45, 7) is 0.149. The van der Waals surface area contributed by atoms with Gasteiger partial charge in [0.05, 0.1) is 24.9 Å². The van der Waals surface area contributed by atoms with Gasteiger partial charge in [-0.25, -0.2) is 4.98 Å². The largest absolute Gasteiger partial charge is 0.467 e. The molecule has 0 fully saturated rings. The molecule has 2 amide bonds. The molecule has 0 radical (unpaired) electrons. The van der Waals surface area contributed by atoms with Crippen LogP contribution in [0.4, 0.5) is 0 Å². The maximum Gasteiger partial charge on any atom is 0.254 e. The number of carbonyl (C=O) groups is 2. The van der Waals surface area contributed by atoms with Gasteiger partial charge in [0.25, 0.3) is 5.91 Å². The number of carbonyl (C=O) groups excluding carboxylic acids is 2. The second kappa shape index (κ2) is 9.38. The number of hydrogen-bond donors (Lipinski definition) is 2. The van der Waals surface area contributed by atoms with Crippen LogP contribution in [0.3, 0.4) is 0 Å². The van der Waals surface area contributed by atoms with Crippen molar-refractivity contribution in [2.75, 3.05) is 6.54 Å². The molecule has 0 unspecified atom stereocenters. The van der Waals surface area contributed by atoms with Crippen LogP contribution in [0.15, 0.2) is 79.8 Å². The lowest BCUT2D eigenvalue weighted by Crippen LogP contribution is -2.36. The van der Waals surface area contributed by atoms with Gasteiger partial charge in [-0.1, -0.05) is 27.7 Å². The van der Waals surface area contributed by atoms with Crippen LogP contribution in [0.2, 0.25) is 0 Å². The van der Waals surface area contributed by atoms with Crippen LogP contribution in [-0.4, -0.2) is 23.3 Å². The zero-order valence-corrected chi connectivity index (χ0v) is 16.5. The van der Waals surface area contributed by atoms with Crippen molar-refractivity contribution in [1.82, 2.24) is 15.6 Å². The van der Waals surface area contributed by atoms with E-state index in [1.165, 1.54) is 18.0 Å². The van der Waals surface area contributed by atoms with Crippen molar-refractivity contribution >= 4 is 39.5 Å². The summed E-state index contributed by atoms with van der Waals surface area (Å²) < 4.78 is 6.12. The molecule has 27 heavy (non-hydrogen) atoms. The quantitative estimate of drug-likeness (QED) is 0.579. The number of halogens is 1. The molecule has 0 atom stereocenters. The summed E-state index contributed by atoms with van der Waals surface area (Å²) in [4.78, 5) is 29.6. The van der Waals surface area contributed by atoms with Crippen LogP contribution < -0.4 is 10.6 Å². The van der Waals surface area contributed by atoms with Crippen LogP contribution in [0.25, 0.3) is 0 Å². The lowest BCUT2D eigenvalue weighted by Gasteiger charge is -2.09. The Balaban J connectivity index is 1.57. The Labute approximate surface area is 168 Å². The fourth-order valence-corrected chi connectivity index (χ4v) is 3.32. The fourth-order valence-electron chi connectivity index (χ4n) is 2.18. The molecule has 0 saturated carbocycles. The monoisotopic (exact) mass is 445 g/mol. The average molecular weight is 446 g/mol. The van der Waals surface area contributed by atoms with E-state index in [-0.39, 0.29) is 24.9 Å². The van der Waals surface area contributed by atoms with E-state index in [2.05, 4.69) is 31.5 Å². The summed E-state index contributed by atoms with van der Waals surface area (Å²) in [5, 5.41) is 5.88. The highest BCUT2D eigenvalue weighted by molar-refractivity contribution is 9.10. The molecule has 2 N–H and O–H groups in total. The number of amides is 2. The average Bonchev–Trinajstić information content (AvgIpc) is 3.20. The first kappa shape index (κ1) is 19.2. The topological polar surface area (TPSA) is 84.2 Å². The molecule has 8 heteroatoms. The van der Waals surface area contributed by atoms with Crippen LogP contribution in [0.5, 0.6) is 0 Å². The van der Waals surface area contributed by atoms with E-state index in [1.54, 1.807) is 30.5 Å². The van der Waals surface area contributed by atoms with E-state index in [9.17, 15) is 9.59 Å². The van der Waals surface area contributed by atoms with Crippen LogP contribution in [0, 0.1) is 0 Å². The first-order valence-corrected chi connectivity index (χ1v) is 9.68. The Morgan fingerprint density at radius 1 is 1.07 bits per heavy atom. The molecule has 0 spiro atoms. The Morgan fingerprint density at radius 2 is 1.89 bits per heavy atom. The second-order valence-corrected chi connectivity index (χ2v) is 7.43. The van der Waals surface area contributed by atoms with Crippen molar-refractivity contribution in [2.45, 2.75) is 16.5 Å². The molecule has 3 rings (SSSR count). The fraction of sp³-hybridized carbons (Fsp3) is 0.105. The third-order valence-corrected chi connectivity index (χ3v) is 5.05. The van der Waals surface area contributed by atoms with E-state index in [0.29, 0.717) is 16.3 Å². The number of furan rings is 1. The summed E-state index contributed by atoms with van der Waals surface area (Å²) in [6, 6.07) is 14.6. The zero-order chi connectivity index (χ0) is 19.1. The van der Waals surface area contributed by atoms with Gasteiger partial charge in [0.15, 0.2) is 0 Å². The number of hydrogen-bond acceptors (Lipinski definition) is 5. The number of rotatable bonds is 7. The SMILES string of the molecule is O=C(CNC(=O)c1cccnc1Sc1ccc(Br)cc1)NCc1ccco1. The normalized spacial score (nSPS) is 10.4. The number of nitrogens with one attached hydrogen (secondary N) is 2. The van der Waals surface area contributed by atoms with Gasteiger partial charge in [-0.2, -0.15) is 0 Å². The Kier molecular flexibility index (Phi) is 6.67. The summed E-state index contributed by atoms with van der Waals surface area (Å²) in [7, 11) is 0. The molecule has 0 aliphatic carbocycles. The van der Waals surface area contributed by atoms with Crippen molar-refractivity contribution in [3.8, 4) is 0 Å². The summed E-state index contributed by atoms with van der Waals surface area (Å²) in [5.41, 5.74) is 0.421. The van der Waals surface area contributed by atoms with Gasteiger partial charge in [-0.15, -0.1) is 0 Å². The molecular weight excluding hydrogens is 430 g/mol. The lowest BCUT2D eigenvalue weighted by molar-refractivity contribution is -0.120. The van der Waals surface area contributed by atoms with Gasteiger partial charge >= 0.3 is 0 Å². The molecule has 0 aliphatic heterocycles. The predicted molar refractivity (Wildman–Crippen MR) is 105 cm³/mol. The van der Waals surface area contributed by atoms with Gasteiger partial charge in [-0.05, 0) is 48.5 Å².